The molecule has 0 aliphatic carbocycles. The number of benzene rings is 3. The van der Waals surface area contributed by atoms with Crippen LogP contribution in [0, 0.1) is 0 Å². The first-order chi connectivity index (χ1) is 15.0. The van der Waals surface area contributed by atoms with Gasteiger partial charge in [0.15, 0.2) is 0 Å². The Kier molecular flexibility index (Phi) is 5.45. The summed E-state index contributed by atoms with van der Waals surface area (Å²) in [6.45, 7) is 0. The number of carbonyl (C=O) groups is 2. The number of anilines is 1. The minimum atomic E-state index is -0.792. The summed E-state index contributed by atoms with van der Waals surface area (Å²) < 4.78 is 10.5. The summed E-state index contributed by atoms with van der Waals surface area (Å²) >= 11 is 0. The first kappa shape index (κ1) is 20.2. The molecule has 6 heteroatoms. The summed E-state index contributed by atoms with van der Waals surface area (Å²) in [4.78, 5) is 27.6. The average Bonchev–Trinajstić information content (AvgIpc) is 3.09. The molecule has 0 saturated carbocycles. The molecular weight excluding hydrogens is 394 g/mol. The number of methoxy groups -OCH3 is 2. The second-order valence-electron chi connectivity index (χ2n) is 7.01. The summed E-state index contributed by atoms with van der Waals surface area (Å²) in [6, 6.07) is 22.0. The quantitative estimate of drug-likeness (QED) is 0.381. The molecule has 1 unspecified atom stereocenters. The van der Waals surface area contributed by atoms with Crippen molar-refractivity contribution >= 4 is 23.1 Å². The van der Waals surface area contributed by atoms with Crippen LogP contribution in [0.4, 0.5) is 5.69 Å². The second-order valence-corrected chi connectivity index (χ2v) is 7.01. The normalized spacial score (nSPS) is 17.6. The van der Waals surface area contributed by atoms with Crippen LogP contribution in [0.1, 0.15) is 17.2 Å². The van der Waals surface area contributed by atoms with Crippen LogP contribution in [0.25, 0.3) is 5.76 Å². The maximum Gasteiger partial charge on any atom is 0.300 e. The Morgan fingerprint density at radius 3 is 2.16 bits per heavy atom. The van der Waals surface area contributed by atoms with Crippen molar-refractivity contribution in [3.05, 3.63) is 95.6 Å². The van der Waals surface area contributed by atoms with Crippen molar-refractivity contribution in [2.45, 2.75) is 6.04 Å². The monoisotopic (exact) mass is 415 g/mol. The number of hydrogen-bond donors (Lipinski definition) is 1. The van der Waals surface area contributed by atoms with Gasteiger partial charge in [-0.15, -0.1) is 0 Å². The van der Waals surface area contributed by atoms with E-state index in [2.05, 4.69) is 0 Å². The molecule has 1 heterocycles. The van der Waals surface area contributed by atoms with Crippen molar-refractivity contribution in [1.29, 1.82) is 0 Å². The lowest BCUT2D eigenvalue weighted by atomic mass is 9.95. The molecule has 1 amide bonds. The van der Waals surface area contributed by atoms with Gasteiger partial charge in [0, 0.05) is 17.3 Å². The number of ketones is 1. The number of carbonyl (C=O) groups excluding carboxylic acids is 2. The standard InChI is InChI=1S/C25H21NO5/c1-30-19-12-6-10-17(14-19)23(27)21-22(16-8-4-3-5-9-16)26(25(29)24(21)28)18-11-7-13-20(15-18)31-2/h3-15,22,27H,1-2H3/b23-21+. The van der Waals surface area contributed by atoms with E-state index < -0.39 is 17.7 Å². The maximum absolute atomic E-state index is 13.1. The predicted octanol–water partition coefficient (Wildman–Crippen LogP) is 4.33. The zero-order valence-corrected chi connectivity index (χ0v) is 17.1. The Balaban J connectivity index is 1.93. The largest absolute Gasteiger partial charge is 0.507 e. The highest BCUT2D eigenvalue weighted by atomic mass is 16.5. The van der Waals surface area contributed by atoms with E-state index in [1.54, 1.807) is 48.5 Å². The highest BCUT2D eigenvalue weighted by Crippen LogP contribution is 2.42. The molecule has 3 aromatic rings. The third-order valence-corrected chi connectivity index (χ3v) is 5.23. The Hall–Kier alpha value is -4.06. The predicted molar refractivity (Wildman–Crippen MR) is 117 cm³/mol. The van der Waals surface area contributed by atoms with Crippen LogP contribution >= 0.6 is 0 Å². The first-order valence-corrected chi connectivity index (χ1v) is 9.69. The van der Waals surface area contributed by atoms with E-state index >= 15 is 0 Å². The zero-order chi connectivity index (χ0) is 22.0. The van der Waals surface area contributed by atoms with Crippen molar-refractivity contribution in [1.82, 2.24) is 0 Å². The van der Waals surface area contributed by atoms with Gasteiger partial charge in [0.05, 0.1) is 25.8 Å². The van der Waals surface area contributed by atoms with Crippen molar-refractivity contribution in [3.63, 3.8) is 0 Å². The molecule has 1 saturated heterocycles. The zero-order valence-electron chi connectivity index (χ0n) is 17.1. The van der Waals surface area contributed by atoms with E-state index in [0.717, 1.165) is 0 Å². The van der Waals surface area contributed by atoms with Crippen LogP contribution < -0.4 is 14.4 Å². The molecule has 6 nitrogen and oxygen atoms in total. The number of hydrogen-bond acceptors (Lipinski definition) is 5. The van der Waals surface area contributed by atoms with Gasteiger partial charge in [-0.1, -0.05) is 48.5 Å². The van der Waals surface area contributed by atoms with Crippen molar-refractivity contribution < 1.29 is 24.2 Å². The van der Waals surface area contributed by atoms with Crippen molar-refractivity contribution in [2.75, 3.05) is 19.1 Å². The third-order valence-electron chi connectivity index (χ3n) is 5.23. The minimum Gasteiger partial charge on any atom is -0.507 e. The van der Waals surface area contributed by atoms with Crippen molar-refractivity contribution in [3.8, 4) is 11.5 Å². The van der Waals surface area contributed by atoms with Crippen LogP contribution in [-0.4, -0.2) is 31.0 Å². The Morgan fingerprint density at radius 2 is 1.48 bits per heavy atom. The van der Waals surface area contributed by atoms with Gasteiger partial charge in [-0.25, -0.2) is 0 Å². The van der Waals surface area contributed by atoms with E-state index in [4.69, 9.17) is 9.47 Å². The molecule has 3 aromatic carbocycles. The molecular formula is C25H21NO5. The lowest BCUT2D eigenvalue weighted by Crippen LogP contribution is -2.29. The number of aliphatic hydroxyl groups is 1. The molecule has 31 heavy (non-hydrogen) atoms. The Morgan fingerprint density at radius 1 is 0.839 bits per heavy atom. The number of nitrogens with zero attached hydrogens (tertiary/aromatic N) is 1. The number of rotatable bonds is 5. The Labute approximate surface area is 180 Å². The van der Waals surface area contributed by atoms with Gasteiger partial charge in [-0.3, -0.25) is 14.5 Å². The highest BCUT2D eigenvalue weighted by Gasteiger charge is 2.47. The minimum absolute atomic E-state index is 0.0206. The van der Waals surface area contributed by atoms with Crippen LogP contribution in [0.5, 0.6) is 11.5 Å². The van der Waals surface area contributed by atoms with E-state index in [0.29, 0.717) is 28.3 Å². The third kappa shape index (κ3) is 3.64. The first-order valence-electron chi connectivity index (χ1n) is 9.69. The van der Waals surface area contributed by atoms with E-state index in [1.165, 1.54) is 19.1 Å². The summed E-state index contributed by atoms with van der Waals surface area (Å²) in [5.41, 5.74) is 1.62. The molecule has 1 fully saturated rings. The number of aliphatic hydroxyl groups excluding tert-OH is 1. The van der Waals surface area contributed by atoms with Crippen LogP contribution in [0.3, 0.4) is 0 Å². The molecule has 1 atom stereocenters. The molecule has 0 radical (unpaired) electrons. The fourth-order valence-corrected chi connectivity index (χ4v) is 3.74. The fraction of sp³-hybridized carbons (Fsp3) is 0.120. The Bertz CT molecular complexity index is 1170. The van der Waals surface area contributed by atoms with Crippen LogP contribution in [0.2, 0.25) is 0 Å². The summed E-state index contributed by atoms with van der Waals surface area (Å²) in [6.07, 6.45) is 0. The van der Waals surface area contributed by atoms with Gasteiger partial charge in [-0.05, 0) is 29.8 Å². The van der Waals surface area contributed by atoms with Crippen LogP contribution in [-0.2, 0) is 9.59 Å². The molecule has 4 rings (SSSR count). The van der Waals surface area contributed by atoms with Gasteiger partial charge < -0.3 is 14.6 Å². The molecule has 0 aromatic heterocycles. The molecule has 1 aliphatic heterocycles. The van der Waals surface area contributed by atoms with Gasteiger partial charge in [0.25, 0.3) is 11.7 Å². The van der Waals surface area contributed by atoms with Gasteiger partial charge in [0.2, 0.25) is 0 Å². The molecule has 1 aliphatic rings. The molecule has 1 N–H and O–H groups in total. The summed E-state index contributed by atoms with van der Waals surface area (Å²) in [5.74, 6) is -0.638. The summed E-state index contributed by atoms with van der Waals surface area (Å²) in [5, 5.41) is 11.1. The van der Waals surface area contributed by atoms with Crippen molar-refractivity contribution in [2.24, 2.45) is 0 Å². The fourth-order valence-electron chi connectivity index (χ4n) is 3.74. The lowest BCUT2D eigenvalue weighted by molar-refractivity contribution is -0.132. The van der Waals surface area contributed by atoms with E-state index in [1.807, 2.05) is 30.3 Å². The number of Topliss-reactive ketones (excluding diaryl/α,β-unsaturated/α-hetero) is 1. The summed E-state index contributed by atoms with van der Waals surface area (Å²) in [7, 11) is 3.05. The van der Waals surface area contributed by atoms with E-state index in [-0.39, 0.29) is 11.3 Å². The average molecular weight is 415 g/mol. The molecule has 0 spiro atoms. The van der Waals surface area contributed by atoms with E-state index in [9.17, 15) is 14.7 Å². The number of ether oxygens (including phenoxy) is 2. The highest BCUT2D eigenvalue weighted by molar-refractivity contribution is 6.51. The molecule has 156 valence electrons. The smallest absolute Gasteiger partial charge is 0.300 e. The topological polar surface area (TPSA) is 76.1 Å². The number of amides is 1. The van der Waals surface area contributed by atoms with Gasteiger partial charge in [0.1, 0.15) is 17.3 Å². The lowest BCUT2D eigenvalue weighted by Gasteiger charge is -2.25. The van der Waals surface area contributed by atoms with Gasteiger partial charge in [-0.2, -0.15) is 0 Å². The second kappa shape index (κ2) is 8.36. The molecule has 0 bridgehead atoms. The maximum atomic E-state index is 13.1. The SMILES string of the molecule is COc1cccc(/C(O)=C2\C(=O)C(=O)N(c3cccc(OC)c3)C2c2ccccc2)c1. The van der Waals surface area contributed by atoms with Crippen LogP contribution in [0.15, 0.2) is 84.4 Å². The van der Waals surface area contributed by atoms with Gasteiger partial charge >= 0.3 is 0 Å².